The molecule has 8 nitrogen and oxygen atoms in total. The summed E-state index contributed by atoms with van der Waals surface area (Å²) in [4.78, 5) is 39.1. The summed E-state index contributed by atoms with van der Waals surface area (Å²) in [6.45, 7) is 0. The van der Waals surface area contributed by atoms with Gasteiger partial charge in [0, 0.05) is 5.92 Å². The first kappa shape index (κ1) is 22.4. The number of carbonyl (C=O) groups is 2. The number of aromatic hydroxyl groups is 1. The first-order valence-corrected chi connectivity index (χ1v) is 10.8. The van der Waals surface area contributed by atoms with Gasteiger partial charge in [0.2, 0.25) is 11.7 Å². The Labute approximate surface area is 199 Å². The maximum absolute atomic E-state index is 13.6. The van der Waals surface area contributed by atoms with Crippen molar-refractivity contribution >= 4 is 22.7 Å². The number of aliphatic hydroxyl groups is 1. The van der Waals surface area contributed by atoms with Crippen LogP contribution in [0.15, 0.2) is 82.0 Å². The van der Waals surface area contributed by atoms with E-state index in [9.17, 15) is 24.6 Å². The van der Waals surface area contributed by atoms with Crippen molar-refractivity contribution in [3.05, 3.63) is 105 Å². The fourth-order valence-electron chi connectivity index (χ4n) is 4.52. The molecule has 5 rings (SSSR count). The topological polar surface area (TPSA) is 123 Å². The zero-order valence-corrected chi connectivity index (χ0v) is 18.5. The number of Topliss-reactive ketones (excluding diaryl/α,β-unsaturated/α-hetero) is 1. The van der Waals surface area contributed by atoms with Crippen LogP contribution < -0.4 is 10.2 Å². The zero-order chi connectivity index (χ0) is 24.7. The molecule has 35 heavy (non-hydrogen) atoms. The zero-order valence-electron chi connectivity index (χ0n) is 18.5. The quantitative estimate of drug-likeness (QED) is 0.432. The van der Waals surface area contributed by atoms with Crippen molar-refractivity contribution in [2.45, 2.75) is 12.2 Å². The molecule has 0 radical (unpaired) electrons. The van der Waals surface area contributed by atoms with Gasteiger partial charge in [-0.15, -0.1) is 0 Å². The van der Waals surface area contributed by atoms with Crippen LogP contribution in [0, 0.1) is 5.92 Å². The van der Waals surface area contributed by atoms with E-state index in [2.05, 4.69) is 0 Å². The minimum atomic E-state index is -1.62. The van der Waals surface area contributed by atoms with Gasteiger partial charge in [0.05, 0.1) is 35.1 Å². The monoisotopic (exact) mass is 472 g/mol. The predicted molar refractivity (Wildman–Crippen MR) is 125 cm³/mol. The Morgan fingerprint density at radius 3 is 2.40 bits per heavy atom. The van der Waals surface area contributed by atoms with Crippen LogP contribution in [-0.2, 0) is 4.74 Å². The molecular weight excluding hydrogens is 452 g/mol. The number of hydrogen-bond acceptors (Lipinski definition) is 8. The van der Waals surface area contributed by atoms with E-state index in [-0.39, 0.29) is 33.4 Å². The molecule has 0 saturated carbocycles. The number of hydrogen-bond donors (Lipinski definition) is 2. The Balaban J connectivity index is 1.74. The summed E-state index contributed by atoms with van der Waals surface area (Å²) in [5.41, 5.74) is 0.303. The molecule has 1 aliphatic heterocycles. The molecule has 3 aromatic carbocycles. The molecule has 0 aliphatic carbocycles. The molecule has 176 valence electrons. The van der Waals surface area contributed by atoms with Crippen LogP contribution >= 0.6 is 0 Å². The third kappa shape index (κ3) is 3.74. The third-order valence-electron chi connectivity index (χ3n) is 6.18. The van der Waals surface area contributed by atoms with Crippen LogP contribution in [0.4, 0.5) is 0 Å². The highest BCUT2D eigenvalue weighted by atomic mass is 16.6. The summed E-state index contributed by atoms with van der Waals surface area (Å²) in [6, 6.07) is 18.9. The number of methoxy groups -OCH3 is 1. The van der Waals surface area contributed by atoms with Gasteiger partial charge in [-0.1, -0.05) is 36.4 Å². The SMILES string of the molecule is COC(=O)c1ccc(C(c2c(O)oc3ccccc3c2=O)C2C(=O)c3ccccc3OC2O)cc1. The van der Waals surface area contributed by atoms with Gasteiger partial charge in [-0.3, -0.25) is 9.59 Å². The van der Waals surface area contributed by atoms with Crippen molar-refractivity contribution in [1.29, 1.82) is 0 Å². The van der Waals surface area contributed by atoms with Gasteiger partial charge in [-0.2, -0.15) is 0 Å². The Morgan fingerprint density at radius 2 is 1.66 bits per heavy atom. The highest BCUT2D eigenvalue weighted by Crippen LogP contribution is 2.43. The first-order valence-electron chi connectivity index (χ1n) is 10.8. The van der Waals surface area contributed by atoms with Crippen molar-refractivity contribution in [1.82, 2.24) is 0 Å². The third-order valence-corrected chi connectivity index (χ3v) is 6.18. The van der Waals surface area contributed by atoms with Gasteiger partial charge in [0.1, 0.15) is 11.3 Å². The van der Waals surface area contributed by atoms with Crippen LogP contribution in [0.2, 0.25) is 0 Å². The molecule has 2 N–H and O–H groups in total. The van der Waals surface area contributed by atoms with Crippen LogP contribution in [0.3, 0.4) is 0 Å². The van der Waals surface area contributed by atoms with Gasteiger partial charge in [-0.05, 0) is 42.0 Å². The predicted octanol–water partition coefficient (Wildman–Crippen LogP) is 3.63. The number of aliphatic hydroxyl groups excluding tert-OH is 1. The Hall–Kier alpha value is -4.43. The van der Waals surface area contributed by atoms with Crippen molar-refractivity contribution in [2.75, 3.05) is 7.11 Å². The molecule has 0 bridgehead atoms. The number of para-hydroxylation sites is 2. The molecule has 1 aliphatic rings. The highest BCUT2D eigenvalue weighted by Gasteiger charge is 2.45. The summed E-state index contributed by atoms with van der Waals surface area (Å²) in [6.07, 6.45) is -1.62. The van der Waals surface area contributed by atoms with Crippen molar-refractivity contribution in [3.63, 3.8) is 0 Å². The average molecular weight is 472 g/mol. The van der Waals surface area contributed by atoms with Crippen LogP contribution in [-0.4, -0.2) is 35.4 Å². The van der Waals surface area contributed by atoms with Crippen LogP contribution in [0.1, 0.15) is 37.8 Å². The van der Waals surface area contributed by atoms with E-state index in [0.717, 1.165) is 0 Å². The molecule has 0 saturated heterocycles. The smallest absolute Gasteiger partial charge is 0.337 e. The summed E-state index contributed by atoms with van der Waals surface area (Å²) >= 11 is 0. The molecule has 3 atom stereocenters. The normalized spacial score (nSPS) is 17.9. The Kier molecular flexibility index (Phi) is 5.58. The minimum absolute atomic E-state index is 0.177. The summed E-state index contributed by atoms with van der Waals surface area (Å²) < 4.78 is 15.9. The van der Waals surface area contributed by atoms with E-state index in [0.29, 0.717) is 5.56 Å². The van der Waals surface area contributed by atoms with E-state index < -0.39 is 41.3 Å². The van der Waals surface area contributed by atoms with Gasteiger partial charge in [0.15, 0.2) is 5.78 Å². The lowest BCUT2D eigenvalue weighted by Crippen LogP contribution is -2.42. The van der Waals surface area contributed by atoms with Crippen LogP contribution in [0.25, 0.3) is 11.0 Å². The maximum atomic E-state index is 13.6. The summed E-state index contributed by atoms with van der Waals surface area (Å²) in [5.74, 6) is -3.92. The largest absolute Gasteiger partial charge is 0.480 e. The molecule has 1 aromatic heterocycles. The van der Waals surface area contributed by atoms with Gasteiger partial charge in [0.25, 0.3) is 5.95 Å². The fourth-order valence-corrected chi connectivity index (χ4v) is 4.52. The molecule has 0 spiro atoms. The van der Waals surface area contributed by atoms with Gasteiger partial charge >= 0.3 is 5.97 Å². The second-order valence-corrected chi connectivity index (χ2v) is 8.13. The first-order chi connectivity index (χ1) is 16.9. The number of benzene rings is 3. The number of carbonyl (C=O) groups excluding carboxylic acids is 2. The second kappa shape index (κ2) is 8.73. The van der Waals surface area contributed by atoms with E-state index in [1.165, 1.54) is 31.4 Å². The highest BCUT2D eigenvalue weighted by molar-refractivity contribution is 6.02. The molecule has 2 heterocycles. The molecular formula is C27H20O8. The van der Waals surface area contributed by atoms with E-state index in [1.54, 1.807) is 48.5 Å². The van der Waals surface area contributed by atoms with Crippen molar-refractivity contribution in [3.8, 4) is 11.7 Å². The number of rotatable bonds is 4. The fraction of sp³-hybridized carbons (Fsp3) is 0.148. The van der Waals surface area contributed by atoms with Crippen LogP contribution in [0.5, 0.6) is 11.7 Å². The van der Waals surface area contributed by atoms with E-state index in [1.807, 2.05) is 0 Å². The molecule has 4 aromatic rings. The van der Waals surface area contributed by atoms with Crippen molar-refractivity contribution in [2.24, 2.45) is 5.92 Å². The summed E-state index contributed by atoms with van der Waals surface area (Å²) in [5, 5.41) is 22.0. The van der Waals surface area contributed by atoms with E-state index >= 15 is 0 Å². The van der Waals surface area contributed by atoms with E-state index in [4.69, 9.17) is 13.9 Å². The van der Waals surface area contributed by atoms with Gasteiger partial charge in [-0.25, -0.2) is 4.79 Å². The lowest BCUT2D eigenvalue weighted by Gasteiger charge is -2.34. The van der Waals surface area contributed by atoms with Crippen molar-refractivity contribution < 1.29 is 33.7 Å². The number of ketones is 1. The summed E-state index contributed by atoms with van der Waals surface area (Å²) in [7, 11) is 1.25. The number of fused-ring (bicyclic) bond motifs is 2. The number of esters is 1. The molecule has 0 fully saturated rings. The molecule has 0 amide bonds. The standard InChI is InChI=1S/C27H20O8/c1-33-25(30)15-12-10-14(11-13-15)20(21-23(28)16-6-2-4-8-18(16)34-26(21)31)22-24(29)17-7-3-5-9-19(17)35-27(22)32/h2-13,20-21,26,31-32H,1H3. The number of ether oxygens (including phenoxy) is 2. The maximum Gasteiger partial charge on any atom is 0.337 e. The lowest BCUT2D eigenvalue weighted by molar-refractivity contribution is -0.0635. The van der Waals surface area contributed by atoms with Gasteiger partial charge < -0.3 is 24.1 Å². The molecule has 3 unspecified atom stereocenters. The Bertz CT molecular complexity index is 1500. The Morgan fingerprint density at radius 1 is 0.971 bits per heavy atom. The minimum Gasteiger partial charge on any atom is -0.480 e. The molecule has 8 heteroatoms. The lowest BCUT2D eigenvalue weighted by atomic mass is 9.75. The second-order valence-electron chi connectivity index (χ2n) is 8.13. The average Bonchev–Trinajstić information content (AvgIpc) is 2.87.